The summed E-state index contributed by atoms with van der Waals surface area (Å²) >= 11 is 5.89. The van der Waals surface area contributed by atoms with E-state index < -0.39 is 5.97 Å². The van der Waals surface area contributed by atoms with Crippen LogP contribution in [0.25, 0.3) is 11.3 Å². The van der Waals surface area contributed by atoms with Crippen molar-refractivity contribution in [3.05, 3.63) is 82.5 Å². The lowest BCUT2D eigenvalue weighted by Gasteiger charge is -2.15. The number of aliphatic carboxylic acids is 1. The van der Waals surface area contributed by atoms with Crippen molar-refractivity contribution in [1.82, 2.24) is 4.68 Å². The molecule has 0 saturated carbocycles. The van der Waals surface area contributed by atoms with Gasteiger partial charge in [0, 0.05) is 28.3 Å². The van der Waals surface area contributed by atoms with Gasteiger partial charge in [-0.05, 0) is 48.4 Å². The van der Waals surface area contributed by atoms with Gasteiger partial charge in [0.15, 0.2) is 0 Å². The SMILES string of the molecule is CCc1ccc(-c2ccc(CCC(=O)O)n2NC(=O)c2ccc(Cl)cc2)cc1. The zero-order valence-electron chi connectivity index (χ0n) is 15.5. The molecule has 2 aromatic carbocycles. The van der Waals surface area contributed by atoms with Gasteiger partial charge in [0.2, 0.25) is 0 Å². The highest BCUT2D eigenvalue weighted by molar-refractivity contribution is 6.30. The summed E-state index contributed by atoms with van der Waals surface area (Å²) in [6.45, 7) is 2.09. The van der Waals surface area contributed by atoms with Crippen LogP contribution in [0.4, 0.5) is 0 Å². The minimum atomic E-state index is -0.884. The lowest BCUT2D eigenvalue weighted by molar-refractivity contribution is -0.136. The average molecular weight is 397 g/mol. The van der Waals surface area contributed by atoms with Gasteiger partial charge in [0.05, 0.1) is 12.1 Å². The van der Waals surface area contributed by atoms with Gasteiger partial charge < -0.3 is 5.11 Å². The fourth-order valence-electron chi connectivity index (χ4n) is 2.94. The summed E-state index contributed by atoms with van der Waals surface area (Å²) in [5.74, 6) is -1.18. The van der Waals surface area contributed by atoms with Gasteiger partial charge in [-0.25, -0.2) is 0 Å². The van der Waals surface area contributed by atoms with Crippen molar-refractivity contribution in [2.24, 2.45) is 0 Å². The van der Waals surface area contributed by atoms with Crippen LogP contribution in [0, 0.1) is 0 Å². The molecule has 0 aliphatic carbocycles. The number of carboxylic acids is 1. The fraction of sp³-hybridized carbons (Fsp3) is 0.182. The molecule has 0 spiro atoms. The number of carboxylic acid groups (broad SMARTS) is 1. The van der Waals surface area contributed by atoms with Crippen molar-refractivity contribution in [2.45, 2.75) is 26.2 Å². The lowest BCUT2D eigenvalue weighted by Crippen LogP contribution is -2.25. The van der Waals surface area contributed by atoms with Gasteiger partial charge in [0.25, 0.3) is 5.91 Å². The van der Waals surface area contributed by atoms with E-state index in [2.05, 4.69) is 12.3 Å². The summed E-state index contributed by atoms with van der Waals surface area (Å²) in [5, 5.41) is 9.58. The summed E-state index contributed by atoms with van der Waals surface area (Å²) in [5.41, 5.74) is 7.03. The fourth-order valence-corrected chi connectivity index (χ4v) is 3.07. The Labute approximate surface area is 168 Å². The van der Waals surface area contributed by atoms with E-state index in [1.54, 1.807) is 28.9 Å². The number of rotatable bonds is 7. The first-order chi connectivity index (χ1) is 13.5. The largest absolute Gasteiger partial charge is 0.481 e. The quantitative estimate of drug-likeness (QED) is 0.604. The van der Waals surface area contributed by atoms with Gasteiger partial charge in [-0.2, -0.15) is 0 Å². The number of hydrogen-bond donors (Lipinski definition) is 2. The molecule has 0 bridgehead atoms. The van der Waals surface area contributed by atoms with Crippen LogP contribution in [-0.4, -0.2) is 21.7 Å². The molecule has 3 aromatic rings. The summed E-state index contributed by atoms with van der Waals surface area (Å²) in [7, 11) is 0. The molecule has 0 atom stereocenters. The van der Waals surface area contributed by atoms with Crippen LogP contribution >= 0.6 is 11.6 Å². The Morgan fingerprint density at radius 2 is 1.68 bits per heavy atom. The zero-order chi connectivity index (χ0) is 20.1. The summed E-state index contributed by atoms with van der Waals surface area (Å²) in [4.78, 5) is 23.7. The molecular weight excluding hydrogens is 376 g/mol. The van der Waals surface area contributed by atoms with E-state index in [1.165, 1.54) is 5.56 Å². The molecular formula is C22H21ClN2O3. The maximum atomic E-state index is 12.7. The molecule has 0 aliphatic heterocycles. The van der Waals surface area contributed by atoms with Gasteiger partial charge in [-0.15, -0.1) is 0 Å². The predicted octanol–water partition coefficient (Wildman–Crippen LogP) is 4.77. The highest BCUT2D eigenvalue weighted by Gasteiger charge is 2.15. The molecule has 0 fully saturated rings. The highest BCUT2D eigenvalue weighted by atomic mass is 35.5. The second-order valence-electron chi connectivity index (χ2n) is 6.44. The molecule has 6 heteroatoms. The summed E-state index contributed by atoms with van der Waals surface area (Å²) in [6.07, 6.45) is 1.23. The van der Waals surface area contributed by atoms with Crippen LogP contribution < -0.4 is 5.43 Å². The van der Waals surface area contributed by atoms with E-state index in [0.717, 1.165) is 23.4 Å². The van der Waals surface area contributed by atoms with Crippen LogP contribution in [0.3, 0.4) is 0 Å². The topological polar surface area (TPSA) is 71.3 Å². The molecule has 1 aromatic heterocycles. The number of nitrogens with zero attached hydrogens (tertiary/aromatic N) is 1. The minimum absolute atomic E-state index is 0.0188. The van der Waals surface area contributed by atoms with Crippen molar-refractivity contribution in [1.29, 1.82) is 0 Å². The number of carbonyl (C=O) groups is 2. The Morgan fingerprint density at radius 1 is 1.00 bits per heavy atom. The molecule has 0 unspecified atom stereocenters. The third-order valence-electron chi connectivity index (χ3n) is 4.53. The van der Waals surface area contributed by atoms with E-state index in [9.17, 15) is 9.59 Å². The smallest absolute Gasteiger partial charge is 0.303 e. The molecule has 5 nitrogen and oxygen atoms in total. The molecule has 28 heavy (non-hydrogen) atoms. The van der Waals surface area contributed by atoms with Crippen molar-refractivity contribution in [2.75, 3.05) is 5.43 Å². The summed E-state index contributed by atoms with van der Waals surface area (Å²) < 4.78 is 1.67. The van der Waals surface area contributed by atoms with E-state index >= 15 is 0 Å². The van der Waals surface area contributed by atoms with Gasteiger partial charge in [-0.3, -0.25) is 19.7 Å². The third kappa shape index (κ3) is 4.61. The number of amides is 1. The molecule has 144 valence electrons. The Morgan fingerprint density at radius 3 is 2.29 bits per heavy atom. The van der Waals surface area contributed by atoms with Crippen molar-refractivity contribution >= 4 is 23.5 Å². The van der Waals surface area contributed by atoms with Crippen LogP contribution in [0.1, 0.15) is 35.0 Å². The first kappa shape index (κ1) is 19.7. The second-order valence-corrected chi connectivity index (χ2v) is 6.87. The van der Waals surface area contributed by atoms with E-state index in [0.29, 0.717) is 17.0 Å². The van der Waals surface area contributed by atoms with E-state index in [-0.39, 0.29) is 12.3 Å². The van der Waals surface area contributed by atoms with Crippen molar-refractivity contribution in [3.63, 3.8) is 0 Å². The highest BCUT2D eigenvalue weighted by Crippen LogP contribution is 2.23. The van der Waals surface area contributed by atoms with Crippen molar-refractivity contribution in [3.8, 4) is 11.3 Å². The van der Waals surface area contributed by atoms with Gasteiger partial charge >= 0.3 is 5.97 Å². The first-order valence-electron chi connectivity index (χ1n) is 9.06. The van der Waals surface area contributed by atoms with E-state index in [1.807, 2.05) is 36.4 Å². The summed E-state index contributed by atoms with van der Waals surface area (Å²) in [6, 6.07) is 18.4. The van der Waals surface area contributed by atoms with Gasteiger partial charge in [-0.1, -0.05) is 42.8 Å². The first-order valence-corrected chi connectivity index (χ1v) is 9.44. The van der Waals surface area contributed by atoms with Crippen LogP contribution in [-0.2, 0) is 17.6 Å². The maximum absolute atomic E-state index is 12.7. The Kier molecular flexibility index (Phi) is 6.16. The predicted molar refractivity (Wildman–Crippen MR) is 110 cm³/mol. The Bertz CT molecular complexity index is 976. The van der Waals surface area contributed by atoms with Crippen LogP contribution in [0.5, 0.6) is 0 Å². The molecule has 2 N–H and O–H groups in total. The number of benzene rings is 2. The third-order valence-corrected chi connectivity index (χ3v) is 4.79. The monoisotopic (exact) mass is 396 g/mol. The second kappa shape index (κ2) is 8.76. The molecule has 0 radical (unpaired) electrons. The van der Waals surface area contributed by atoms with Crippen LogP contribution in [0.15, 0.2) is 60.7 Å². The van der Waals surface area contributed by atoms with Crippen LogP contribution in [0.2, 0.25) is 5.02 Å². The van der Waals surface area contributed by atoms with Crippen molar-refractivity contribution < 1.29 is 14.7 Å². The number of nitrogens with one attached hydrogen (secondary N) is 1. The zero-order valence-corrected chi connectivity index (χ0v) is 16.2. The normalized spacial score (nSPS) is 10.6. The number of hydrogen-bond acceptors (Lipinski definition) is 2. The number of aromatic nitrogens is 1. The lowest BCUT2D eigenvalue weighted by atomic mass is 10.1. The molecule has 1 amide bonds. The Hall–Kier alpha value is -3.05. The number of aryl methyl sites for hydroxylation is 2. The number of halogens is 1. The van der Waals surface area contributed by atoms with E-state index in [4.69, 9.17) is 16.7 Å². The number of carbonyl (C=O) groups excluding carboxylic acids is 1. The minimum Gasteiger partial charge on any atom is -0.481 e. The molecule has 0 saturated heterocycles. The maximum Gasteiger partial charge on any atom is 0.303 e. The Balaban J connectivity index is 1.94. The average Bonchev–Trinajstić information content (AvgIpc) is 3.09. The molecule has 3 rings (SSSR count). The van der Waals surface area contributed by atoms with Gasteiger partial charge in [0.1, 0.15) is 0 Å². The molecule has 1 heterocycles. The standard InChI is InChI=1S/C22H21ClN2O3/c1-2-15-3-5-16(6-4-15)20-13-11-19(12-14-21(26)27)25(20)24-22(28)17-7-9-18(23)10-8-17/h3-11,13H,2,12,14H2,1H3,(H,24,28)(H,26,27). The molecule has 0 aliphatic rings.